The first-order valence-electron chi connectivity index (χ1n) is 8.69. The number of Topliss-reactive ketones (excluding diaryl/α,β-unsaturated/α-hetero) is 1. The molecule has 1 aliphatic carbocycles. The van der Waals surface area contributed by atoms with Crippen molar-refractivity contribution >= 4 is 28.8 Å². The van der Waals surface area contributed by atoms with Gasteiger partial charge in [-0.25, -0.2) is 0 Å². The van der Waals surface area contributed by atoms with E-state index in [-0.39, 0.29) is 23.5 Å². The van der Waals surface area contributed by atoms with Gasteiger partial charge in [-0.2, -0.15) is 0 Å². The number of methoxy groups -OCH3 is 1. The Hall–Kier alpha value is -2.63. The summed E-state index contributed by atoms with van der Waals surface area (Å²) in [4.78, 5) is 29.6. The number of aliphatic hydroxyl groups is 1. The highest BCUT2D eigenvalue weighted by Gasteiger charge is 2.47. The number of hydrogen-bond donors (Lipinski definition) is 2. The molecular weight excluding hydrogens is 332 g/mol. The number of hydrogen-bond acceptors (Lipinski definition) is 6. The van der Waals surface area contributed by atoms with Crippen molar-refractivity contribution in [2.24, 2.45) is 16.3 Å². The highest BCUT2D eigenvalue weighted by molar-refractivity contribution is 6.24. The quantitative estimate of drug-likeness (QED) is 0.474. The summed E-state index contributed by atoms with van der Waals surface area (Å²) >= 11 is 0. The average Bonchev–Trinajstić information content (AvgIpc) is 2.55. The summed E-state index contributed by atoms with van der Waals surface area (Å²) in [6, 6.07) is 6.94. The maximum Gasteiger partial charge on any atom is 0.316 e. The van der Waals surface area contributed by atoms with Crippen LogP contribution in [-0.4, -0.2) is 29.7 Å². The minimum absolute atomic E-state index is 0.136. The van der Waals surface area contributed by atoms with Gasteiger partial charge in [-0.3, -0.25) is 14.6 Å². The Morgan fingerprint density at radius 2 is 1.96 bits per heavy atom. The predicted molar refractivity (Wildman–Crippen MR) is 101 cm³/mol. The number of aliphatic hydroxyl groups excluding tert-OH is 1. The Morgan fingerprint density at radius 3 is 2.50 bits per heavy atom. The molecular formula is C20H26N2O4. The smallest absolute Gasteiger partial charge is 0.316 e. The first-order valence-corrected chi connectivity index (χ1v) is 8.69. The molecule has 1 aromatic carbocycles. The number of allylic oxidation sites excluding steroid dienone is 1. The number of anilines is 1. The van der Waals surface area contributed by atoms with Crippen molar-refractivity contribution in [2.45, 2.75) is 40.0 Å². The monoisotopic (exact) mass is 358 g/mol. The molecule has 6 heteroatoms. The van der Waals surface area contributed by atoms with Crippen LogP contribution in [0.25, 0.3) is 0 Å². The lowest BCUT2D eigenvalue weighted by atomic mass is 9.67. The fraction of sp³-hybridized carbons (Fsp3) is 0.450. The van der Waals surface area contributed by atoms with Crippen LogP contribution < -0.4 is 5.73 Å². The van der Waals surface area contributed by atoms with Gasteiger partial charge >= 0.3 is 5.97 Å². The second kappa shape index (κ2) is 7.72. The van der Waals surface area contributed by atoms with Gasteiger partial charge < -0.3 is 15.6 Å². The summed E-state index contributed by atoms with van der Waals surface area (Å²) in [6.45, 7) is 5.51. The number of esters is 1. The van der Waals surface area contributed by atoms with Crippen molar-refractivity contribution in [1.82, 2.24) is 0 Å². The molecule has 0 radical (unpaired) electrons. The van der Waals surface area contributed by atoms with Gasteiger partial charge in [-0.05, 0) is 36.1 Å². The number of benzene rings is 1. The lowest BCUT2D eigenvalue weighted by molar-refractivity contribution is -0.150. The third-order valence-corrected chi connectivity index (χ3v) is 4.58. The third kappa shape index (κ3) is 3.95. The molecule has 1 aliphatic rings. The second-order valence-corrected chi connectivity index (χ2v) is 7.20. The van der Waals surface area contributed by atoms with Gasteiger partial charge in [0.2, 0.25) is 0 Å². The molecule has 2 rings (SSSR count). The zero-order valence-corrected chi connectivity index (χ0v) is 15.7. The van der Waals surface area contributed by atoms with Gasteiger partial charge in [0.25, 0.3) is 0 Å². The molecule has 0 aromatic heterocycles. The molecule has 0 amide bonds. The minimum Gasteiger partial charge on any atom is -0.511 e. The number of nitrogens with two attached hydrogens (primary N) is 1. The van der Waals surface area contributed by atoms with Gasteiger partial charge in [0.1, 0.15) is 11.7 Å². The second-order valence-electron chi connectivity index (χ2n) is 7.20. The van der Waals surface area contributed by atoms with E-state index < -0.39 is 17.3 Å². The summed E-state index contributed by atoms with van der Waals surface area (Å²) in [5.74, 6) is -1.91. The van der Waals surface area contributed by atoms with Gasteiger partial charge in [0.05, 0.1) is 24.1 Å². The van der Waals surface area contributed by atoms with Gasteiger partial charge in [-0.1, -0.05) is 27.2 Å². The molecule has 0 saturated carbocycles. The number of carbonyl (C=O) groups is 2. The molecule has 26 heavy (non-hydrogen) atoms. The Kier molecular flexibility index (Phi) is 5.85. The van der Waals surface area contributed by atoms with Crippen LogP contribution in [0.4, 0.5) is 11.4 Å². The molecule has 0 fully saturated rings. The van der Waals surface area contributed by atoms with Crippen LogP contribution in [0.2, 0.25) is 0 Å². The van der Waals surface area contributed by atoms with E-state index in [9.17, 15) is 14.7 Å². The molecule has 0 heterocycles. The summed E-state index contributed by atoms with van der Waals surface area (Å²) < 4.78 is 4.85. The summed E-state index contributed by atoms with van der Waals surface area (Å²) in [5, 5.41) is 10.8. The summed E-state index contributed by atoms with van der Waals surface area (Å²) in [7, 11) is 1.28. The molecule has 6 nitrogen and oxygen atoms in total. The van der Waals surface area contributed by atoms with E-state index in [2.05, 4.69) is 4.99 Å². The van der Waals surface area contributed by atoms with Gasteiger partial charge in [-0.15, -0.1) is 0 Å². The van der Waals surface area contributed by atoms with Crippen molar-refractivity contribution in [3.63, 3.8) is 0 Å². The topological polar surface area (TPSA) is 102 Å². The number of ether oxygens (including phenoxy) is 1. The fourth-order valence-electron chi connectivity index (χ4n) is 3.30. The number of carbonyl (C=O) groups excluding carboxylic acids is 2. The molecule has 3 N–H and O–H groups in total. The van der Waals surface area contributed by atoms with E-state index in [0.29, 0.717) is 23.5 Å². The number of rotatable bonds is 5. The molecule has 1 atom stereocenters. The highest BCUT2D eigenvalue weighted by atomic mass is 16.5. The average molecular weight is 358 g/mol. The number of aliphatic imine (C=N–C) groups is 1. The van der Waals surface area contributed by atoms with E-state index in [1.807, 2.05) is 6.92 Å². The molecule has 0 aliphatic heterocycles. The summed E-state index contributed by atoms with van der Waals surface area (Å²) in [6.07, 6.45) is 1.38. The lowest BCUT2D eigenvalue weighted by Crippen LogP contribution is -2.41. The highest BCUT2D eigenvalue weighted by Crippen LogP contribution is 2.42. The Labute approximate surface area is 153 Å². The minimum atomic E-state index is -0.895. The van der Waals surface area contributed by atoms with Crippen LogP contribution in [0.1, 0.15) is 40.0 Å². The SMILES string of the molecule is CCCC(=Nc1ccc(N)cc1)C1=C(O)[C@H](C(=O)OC)C(C)(C)CC1=O. The lowest BCUT2D eigenvalue weighted by Gasteiger charge is -2.36. The maximum atomic E-state index is 12.8. The molecule has 1 aromatic rings. The zero-order valence-electron chi connectivity index (χ0n) is 15.7. The van der Waals surface area contributed by atoms with Crippen LogP contribution in [0.5, 0.6) is 0 Å². The number of nitrogens with zero attached hydrogens (tertiary/aromatic N) is 1. The number of nitrogen functional groups attached to an aromatic ring is 1. The fourth-order valence-corrected chi connectivity index (χ4v) is 3.30. The first-order chi connectivity index (χ1) is 12.2. The van der Waals surface area contributed by atoms with Crippen molar-refractivity contribution in [3.8, 4) is 0 Å². The maximum absolute atomic E-state index is 12.8. The molecule has 0 spiro atoms. The first kappa shape index (κ1) is 19.7. The molecule has 0 unspecified atom stereocenters. The predicted octanol–water partition coefficient (Wildman–Crippen LogP) is 3.74. The van der Waals surface area contributed by atoms with Crippen LogP contribution in [0.3, 0.4) is 0 Å². The van der Waals surface area contributed by atoms with Crippen LogP contribution in [0, 0.1) is 11.3 Å². The van der Waals surface area contributed by atoms with Crippen LogP contribution in [-0.2, 0) is 14.3 Å². The Balaban J connectivity index is 2.59. The van der Waals surface area contributed by atoms with Gasteiger partial charge in [0.15, 0.2) is 5.78 Å². The van der Waals surface area contributed by atoms with E-state index >= 15 is 0 Å². The number of ketones is 1. The van der Waals surface area contributed by atoms with Crippen molar-refractivity contribution in [1.29, 1.82) is 0 Å². The largest absolute Gasteiger partial charge is 0.511 e. The Morgan fingerprint density at radius 1 is 1.35 bits per heavy atom. The van der Waals surface area contributed by atoms with Crippen molar-refractivity contribution in [3.05, 3.63) is 35.6 Å². The van der Waals surface area contributed by atoms with E-state index in [4.69, 9.17) is 10.5 Å². The van der Waals surface area contributed by atoms with Crippen molar-refractivity contribution < 1.29 is 19.4 Å². The van der Waals surface area contributed by atoms with Crippen molar-refractivity contribution in [2.75, 3.05) is 12.8 Å². The standard InChI is InChI=1S/C20H26N2O4/c1-5-6-14(22-13-9-7-12(21)8-10-13)16-15(23)11-20(2,3)17(18(16)24)19(25)26-4/h7-10,17,24H,5-6,11,21H2,1-4H3/t17-/m1/s1. The Bertz CT molecular complexity index is 761. The molecule has 140 valence electrons. The van der Waals surface area contributed by atoms with E-state index in [1.54, 1.807) is 38.1 Å². The summed E-state index contributed by atoms with van der Waals surface area (Å²) in [5.41, 5.74) is 6.83. The zero-order chi connectivity index (χ0) is 19.5. The molecule has 0 bridgehead atoms. The van der Waals surface area contributed by atoms with E-state index in [0.717, 1.165) is 6.42 Å². The van der Waals surface area contributed by atoms with Gasteiger partial charge in [0, 0.05) is 12.1 Å². The van der Waals surface area contributed by atoms with E-state index in [1.165, 1.54) is 7.11 Å². The van der Waals surface area contributed by atoms with Crippen LogP contribution in [0.15, 0.2) is 40.6 Å². The normalized spacial score (nSPS) is 20.2. The third-order valence-electron chi connectivity index (χ3n) is 4.58. The van der Waals surface area contributed by atoms with Crippen LogP contribution >= 0.6 is 0 Å². The molecule has 0 saturated heterocycles.